The molecule has 8 heteroatoms. The van der Waals surface area contributed by atoms with Gasteiger partial charge in [0.05, 0.1) is 12.7 Å². The molecular formula is C20H26N4O4. The van der Waals surface area contributed by atoms with Crippen LogP contribution in [0.25, 0.3) is 10.9 Å². The molecule has 0 radical (unpaired) electrons. The number of amides is 1. The Morgan fingerprint density at radius 3 is 2.68 bits per heavy atom. The summed E-state index contributed by atoms with van der Waals surface area (Å²) < 4.78 is 10.4. The van der Waals surface area contributed by atoms with Gasteiger partial charge in [-0.05, 0) is 44.7 Å². The molecule has 0 spiro atoms. The number of nitrogens with one attached hydrogen (secondary N) is 3. The first-order valence-corrected chi connectivity index (χ1v) is 9.51. The molecule has 1 aliphatic carbocycles. The van der Waals surface area contributed by atoms with Crippen LogP contribution in [0.2, 0.25) is 0 Å². The van der Waals surface area contributed by atoms with E-state index in [0.717, 1.165) is 36.6 Å². The number of ether oxygens (including phenoxy) is 2. The monoisotopic (exact) mass is 386 g/mol. The predicted octanol–water partition coefficient (Wildman–Crippen LogP) is 2.07. The van der Waals surface area contributed by atoms with E-state index in [1.54, 1.807) is 25.1 Å². The summed E-state index contributed by atoms with van der Waals surface area (Å²) in [6.45, 7) is 2.10. The van der Waals surface area contributed by atoms with Gasteiger partial charge in [-0.25, -0.2) is 4.79 Å². The highest BCUT2D eigenvalue weighted by Gasteiger charge is 2.24. The molecule has 8 nitrogen and oxygen atoms in total. The van der Waals surface area contributed by atoms with Crippen molar-refractivity contribution >= 4 is 28.6 Å². The number of hydrogen-bond donors (Lipinski definition) is 4. The van der Waals surface area contributed by atoms with Gasteiger partial charge in [-0.1, -0.05) is 12.1 Å². The maximum atomic E-state index is 12.6. The molecule has 1 heterocycles. The Balaban J connectivity index is 1.51. The number of benzene rings is 1. The molecule has 1 aromatic heterocycles. The summed E-state index contributed by atoms with van der Waals surface area (Å²) in [5.41, 5.74) is 7.38. The van der Waals surface area contributed by atoms with E-state index in [-0.39, 0.29) is 36.5 Å². The van der Waals surface area contributed by atoms with Crippen LogP contribution < -0.4 is 11.1 Å². The zero-order chi connectivity index (χ0) is 20.1. The van der Waals surface area contributed by atoms with E-state index in [9.17, 15) is 9.59 Å². The van der Waals surface area contributed by atoms with Gasteiger partial charge in [0.2, 0.25) is 0 Å². The Morgan fingerprint density at radius 2 is 2.00 bits per heavy atom. The minimum absolute atomic E-state index is 0.00978. The first-order chi connectivity index (χ1) is 13.5. The van der Waals surface area contributed by atoms with Crippen molar-refractivity contribution in [2.24, 2.45) is 5.73 Å². The molecule has 0 saturated heterocycles. The van der Waals surface area contributed by atoms with E-state index >= 15 is 0 Å². The van der Waals surface area contributed by atoms with Crippen LogP contribution in [0.15, 0.2) is 24.3 Å². The lowest BCUT2D eigenvalue weighted by atomic mass is 9.93. The van der Waals surface area contributed by atoms with Gasteiger partial charge in [-0.15, -0.1) is 0 Å². The molecule has 1 saturated carbocycles. The Morgan fingerprint density at radius 1 is 1.25 bits per heavy atom. The lowest BCUT2D eigenvalue weighted by molar-refractivity contribution is -0.151. The van der Waals surface area contributed by atoms with Gasteiger partial charge < -0.3 is 25.5 Å². The molecule has 0 bridgehead atoms. The lowest BCUT2D eigenvalue weighted by Crippen LogP contribution is -2.39. The first-order valence-electron chi connectivity index (χ1n) is 9.51. The second-order valence-electron chi connectivity index (χ2n) is 6.96. The van der Waals surface area contributed by atoms with Crippen LogP contribution >= 0.6 is 0 Å². The number of nitrogens with two attached hydrogens (primary N) is 1. The number of hydrogen-bond acceptors (Lipinski definition) is 5. The van der Waals surface area contributed by atoms with Gasteiger partial charge in [0.1, 0.15) is 18.1 Å². The van der Waals surface area contributed by atoms with Crippen LogP contribution in [0.5, 0.6) is 0 Å². The third-order valence-electron chi connectivity index (χ3n) is 4.93. The van der Waals surface area contributed by atoms with Crippen molar-refractivity contribution in [2.45, 2.75) is 44.8 Å². The number of amidine groups is 1. The van der Waals surface area contributed by atoms with Crippen LogP contribution in [-0.2, 0) is 14.3 Å². The molecule has 5 N–H and O–H groups in total. The molecule has 1 aliphatic rings. The van der Waals surface area contributed by atoms with E-state index in [0.29, 0.717) is 17.9 Å². The maximum Gasteiger partial charge on any atom is 0.332 e. The van der Waals surface area contributed by atoms with Gasteiger partial charge in [0.25, 0.3) is 5.91 Å². The third-order valence-corrected chi connectivity index (χ3v) is 4.93. The summed E-state index contributed by atoms with van der Waals surface area (Å²) >= 11 is 0. The van der Waals surface area contributed by atoms with Crippen LogP contribution in [-0.4, -0.2) is 48.1 Å². The zero-order valence-corrected chi connectivity index (χ0v) is 15.9. The molecule has 2 aromatic rings. The number of carbonyl (C=O) groups excluding carboxylic acids is 2. The van der Waals surface area contributed by atoms with E-state index in [1.807, 2.05) is 6.07 Å². The van der Waals surface area contributed by atoms with Crippen LogP contribution in [0.1, 0.15) is 48.7 Å². The Kier molecular flexibility index (Phi) is 6.30. The lowest BCUT2D eigenvalue weighted by Gasteiger charge is -2.28. The number of aromatic amines is 1. The highest BCUT2D eigenvalue weighted by molar-refractivity contribution is 6.01. The summed E-state index contributed by atoms with van der Waals surface area (Å²) in [6.07, 6.45) is 3.20. The Hall–Kier alpha value is -2.87. The van der Waals surface area contributed by atoms with Crippen molar-refractivity contribution in [3.63, 3.8) is 0 Å². The Bertz CT molecular complexity index is 868. The molecule has 150 valence electrons. The summed E-state index contributed by atoms with van der Waals surface area (Å²) in [4.78, 5) is 27.0. The summed E-state index contributed by atoms with van der Waals surface area (Å²) in [5.74, 6) is -0.509. The molecule has 28 heavy (non-hydrogen) atoms. The smallest absolute Gasteiger partial charge is 0.332 e. The number of aromatic nitrogens is 1. The number of fused-ring (bicyclic) bond motifs is 1. The Labute approximate surface area is 163 Å². The molecular weight excluding hydrogens is 360 g/mol. The number of carbonyl (C=O) groups is 2. The minimum Gasteiger partial charge on any atom is -0.464 e. The minimum atomic E-state index is -0.343. The van der Waals surface area contributed by atoms with Crippen molar-refractivity contribution in [2.75, 3.05) is 13.2 Å². The molecule has 0 unspecified atom stereocenters. The maximum absolute atomic E-state index is 12.6. The van der Waals surface area contributed by atoms with E-state index in [1.165, 1.54) is 0 Å². The van der Waals surface area contributed by atoms with Crippen molar-refractivity contribution in [1.29, 1.82) is 5.41 Å². The topological polar surface area (TPSA) is 130 Å². The quantitative estimate of drug-likeness (QED) is 0.329. The SMILES string of the molecule is CCOC(=O)CO[C@H]1CC[C@H](NC(=O)c2cc3ccc(C(=N)N)cc3[nH]2)CC1. The largest absolute Gasteiger partial charge is 0.464 e. The fourth-order valence-electron chi connectivity index (χ4n) is 3.44. The van der Waals surface area contributed by atoms with Crippen molar-refractivity contribution in [3.8, 4) is 0 Å². The van der Waals surface area contributed by atoms with Crippen molar-refractivity contribution in [3.05, 3.63) is 35.5 Å². The van der Waals surface area contributed by atoms with Crippen molar-refractivity contribution in [1.82, 2.24) is 10.3 Å². The first kappa shape index (κ1) is 19.9. The molecule has 1 aromatic carbocycles. The van der Waals surface area contributed by atoms with Crippen LogP contribution in [0, 0.1) is 5.41 Å². The van der Waals surface area contributed by atoms with E-state index in [4.69, 9.17) is 20.6 Å². The number of nitrogen functional groups attached to an aromatic ring is 1. The third kappa shape index (κ3) is 4.89. The van der Waals surface area contributed by atoms with Crippen molar-refractivity contribution < 1.29 is 19.1 Å². The van der Waals surface area contributed by atoms with Gasteiger partial charge >= 0.3 is 5.97 Å². The normalized spacial score (nSPS) is 19.3. The van der Waals surface area contributed by atoms with E-state index in [2.05, 4.69) is 10.3 Å². The van der Waals surface area contributed by atoms with Crippen LogP contribution in [0.3, 0.4) is 0 Å². The van der Waals surface area contributed by atoms with Gasteiger partial charge in [-0.2, -0.15) is 0 Å². The van der Waals surface area contributed by atoms with E-state index < -0.39 is 0 Å². The summed E-state index contributed by atoms with van der Waals surface area (Å²) in [5, 5.41) is 11.5. The number of rotatable bonds is 7. The zero-order valence-electron chi connectivity index (χ0n) is 15.9. The highest BCUT2D eigenvalue weighted by Crippen LogP contribution is 2.22. The summed E-state index contributed by atoms with van der Waals surface area (Å²) in [6, 6.07) is 7.24. The summed E-state index contributed by atoms with van der Waals surface area (Å²) in [7, 11) is 0. The molecule has 1 amide bonds. The number of esters is 1. The fourth-order valence-corrected chi connectivity index (χ4v) is 3.44. The van der Waals surface area contributed by atoms with Gasteiger partial charge in [0, 0.05) is 22.5 Å². The average molecular weight is 386 g/mol. The highest BCUT2D eigenvalue weighted by atomic mass is 16.6. The number of H-pyrrole nitrogens is 1. The van der Waals surface area contributed by atoms with Crippen LogP contribution in [0.4, 0.5) is 0 Å². The second-order valence-corrected chi connectivity index (χ2v) is 6.96. The predicted molar refractivity (Wildman–Crippen MR) is 105 cm³/mol. The standard InChI is InChI=1S/C20H26N4O4/c1-2-27-18(25)11-28-15-7-5-14(6-8-15)23-20(26)17-9-12-3-4-13(19(21)22)10-16(12)24-17/h3-4,9-10,14-15,24H,2,5-8,11H2,1H3,(H3,21,22)(H,23,26)/t14-,15-. The molecule has 1 fully saturated rings. The fraction of sp³-hybridized carbons (Fsp3) is 0.450. The molecule has 0 atom stereocenters. The second kappa shape index (κ2) is 8.88. The molecule has 3 rings (SSSR count). The molecule has 0 aliphatic heterocycles. The average Bonchev–Trinajstić information content (AvgIpc) is 3.11. The van der Waals surface area contributed by atoms with Gasteiger partial charge in [0.15, 0.2) is 0 Å². The van der Waals surface area contributed by atoms with Gasteiger partial charge in [-0.3, -0.25) is 10.2 Å².